The van der Waals surface area contributed by atoms with Gasteiger partial charge >= 0.3 is 0 Å². The summed E-state index contributed by atoms with van der Waals surface area (Å²) in [5.41, 5.74) is 2.04. The molecule has 1 N–H and O–H groups in total. The quantitative estimate of drug-likeness (QED) is 0.880. The van der Waals surface area contributed by atoms with Gasteiger partial charge in [-0.1, -0.05) is 72.8 Å². The Bertz CT molecular complexity index is 685. The summed E-state index contributed by atoms with van der Waals surface area (Å²) in [6, 6.07) is 20.0. The molecule has 2 heterocycles. The van der Waals surface area contributed by atoms with E-state index >= 15 is 0 Å². The molecule has 4 rings (SSSR count). The zero-order chi connectivity index (χ0) is 16.4. The second kappa shape index (κ2) is 6.87. The van der Waals surface area contributed by atoms with Crippen molar-refractivity contribution < 1.29 is 19.3 Å². The van der Waals surface area contributed by atoms with E-state index in [2.05, 4.69) is 12.1 Å². The van der Waals surface area contributed by atoms with Crippen molar-refractivity contribution in [3.8, 4) is 0 Å². The van der Waals surface area contributed by atoms with Crippen molar-refractivity contribution in [2.75, 3.05) is 6.61 Å². The number of aliphatic hydroxyl groups is 1. The van der Waals surface area contributed by atoms with Crippen LogP contribution in [0.4, 0.5) is 0 Å². The third-order valence-corrected chi connectivity index (χ3v) is 4.43. The molecule has 0 bridgehead atoms. The van der Waals surface area contributed by atoms with Gasteiger partial charge in [0.15, 0.2) is 12.6 Å². The lowest BCUT2D eigenvalue weighted by molar-refractivity contribution is -0.342. The molecule has 124 valence electrons. The van der Waals surface area contributed by atoms with Crippen LogP contribution in [-0.4, -0.2) is 24.1 Å². The minimum absolute atomic E-state index is 0.0461. The fourth-order valence-corrected chi connectivity index (χ4v) is 3.21. The fraction of sp³-hybridized carbons (Fsp3) is 0.300. The molecule has 2 aromatic rings. The number of hydrogen-bond acceptors (Lipinski definition) is 4. The molecule has 1 saturated heterocycles. The monoisotopic (exact) mass is 324 g/mol. The predicted molar refractivity (Wildman–Crippen MR) is 88.9 cm³/mol. The van der Waals surface area contributed by atoms with E-state index in [1.807, 2.05) is 60.7 Å². The van der Waals surface area contributed by atoms with Crippen molar-refractivity contribution in [3.05, 3.63) is 83.9 Å². The molecule has 0 aliphatic carbocycles. The summed E-state index contributed by atoms with van der Waals surface area (Å²) in [5.74, 6) is -0.0461. The lowest BCUT2D eigenvalue weighted by Crippen LogP contribution is -2.43. The van der Waals surface area contributed by atoms with Crippen molar-refractivity contribution in [1.29, 1.82) is 0 Å². The summed E-state index contributed by atoms with van der Waals surface area (Å²) in [7, 11) is 0. The maximum absolute atomic E-state index is 9.38. The van der Waals surface area contributed by atoms with E-state index < -0.39 is 12.6 Å². The lowest BCUT2D eigenvalue weighted by Gasteiger charge is -2.43. The number of ether oxygens (including phenoxy) is 3. The van der Waals surface area contributed by atoms with Gasteiger partial charge < -0.3 is 19.3 Å². The molecule has 0 spiro atoms. The third-order valence-electron chi connectivity index (χ3n) is 4.43. The summed E-state index contributed by atoms with van der Waals surface area (Å²) in [4.78, 5) is 0. The zero-order valence-electron chi connectivity index (χ0n) is 13.2. The van der Waals surface area contributed by atoms with Crippen LogP contribution in [0.25, 0.3) is 0 Å². The first-order chi connectivity index (χ1) is 11.8. The van der Waals surface area contributed by atoms with E-state index in [9.17, 15) is 5.11 Å². The largest absolute Gasteiger partial charge is 0.393 e. The van der Waals surface area contributed by atoms with Crippen LogP contribution in [0.15, 0.2) is 72.8 Å². The van der Waals surface area contributed by atoms with Gasteiger partial charge in [-0.05, 0) is 5.56 Å². The number of aliphatic hydroxyl groups excluding tert-OH is 1. The lowest BCUT2D eigenvalue weighted by atomic mass is 9.91. The minimum Gasteiger partial charge on any atom is -0.393 e. The van der Waals surface area contributed by atoms with Crippen molar-refractivity contribution >= 4 is 0 Å². The highest BCUT2D eigenvalue weighted by atomic mass is 16.8. The van der Waals surface area contributed by atoms with E-state index in [0.717, 1.165) is 11.1 Å². The van der Waals surface area contributed by atoms with Gasteiger partial charge in [-0.15, -0.1) is 0 Å². The standard InChI is InChI=1S/C20H20O4/c21-13-16-11-12-17-18(14-7-3-1-4-8-14)23-19(24-20(17)22-16)15-9-5-2-6-10-15/h1-12,16-21H,13H2/t16-,17+,18+,19-,20-/m0/s1. The zero-order valence-corrected chi connectivity index (χ0v) is 13.2. The molecule has 1 fully saturated rings. The van der Waals surface area contributed by atoms with Crippen LogP contribution in [0.5, 0.6) is 0 Å². The molecule has 4 heteroatoms. The Morgan fingerprint density at radius 3 is 2.08 bits per heavy atom. The van der Waals surface area contributed by atoms with Crippen molar-refractivity contribution in [1.82, 2.24) is 0 Å². The number of fused-ring (bicyclic) bond motifs is 1. The Hall–Kier alpha value is -1.98. The van der Waals surface area contributed by atoms with Gasteiger partial charge in [0.2, 0.25) is 0 Å². The predicted octanol–water partition coefficient (Wildman–Crippen LogP) is 3.36. The first kappa shape index (κ1) is 15.5. The first-order valence-corrected chi connectivity index (χ1v) is 8.20. The van der Waals surface area contributed by atoms with Gasteiger partial charge in [-0.2, -0.15) is 0 Å². The third kappa shape index (κ3) is 3.01. The van der Waals surface area contributed by atoms with Crippen LogP contribution in [0.1, 0.15) is 23.5 Å². The van der Waals surface area contributed by atoms with Gasteiger partial charge in [0.25, 0.3) is 0 Å². The number of rotatable bonds is 3. The van der Waals surface area contributed by atoms with Crippen LogP contribution >= 0.6 is 0 Å². The van der Waals surface area contributed by atoms with Crippen molar-refractivity contribution in [2.24, 2.45) is 5.92 Å². The van der Waals surface area contributed by atoms with E-state index in [1.165, 1.54) is 0 Å². The van der Waals surface area contributed by atoms with Crippen LogP contribution in [0, 0.1) is 5.92 Å². The fourth-order valence-electron chi connectivity index (χ4n) is 3.21. The van der Waals surface area contributed by atoms with E-state index in [4.69, 9.17) is 14.2 Å². The summed E-state index contributed by atoms with van der Waals surface area (Å²) < 4.78 is 18.2. The Balaban J connectivity index is 1.67. The SMILES string of the molecule is OC[C@@H]1C=C[C@H]2[C@H](O[C@@H](c3ccccc3)O[C@@H]2c2ccccc2)O1. The molecule has 4 nitrogen and oxygen atoms in total. The Labute approximate surface area is 141 Å². The summed E-state index contributed by atoms with van der Waals surface area (Å²) >= 11 is 0. The normalized spacial score (nSPS) is 32.3. The molecule has 5 atom stereocenters. The molecule has 24 heavy (non-hydrogen) atoms. The van der Waals surface area contributed by atoms with Gasteiger partial charge in [0, 0.05) is 5.56 Å². The summed E-state index contributed by atoms with van der Waals surface area (Å²) in [6.07, 6.45) is 2.48. The molecule has 2 aliphatic rings. The Morgan fingerprint density at radius 2 is 1.42 bits per heavy atom. The van der Waals surface area contributed by atoms with E-state index in [1.54, 1.807) is 0 Å². The van der Waals surface area contributed by atoms with Gasteiger partial charge in [0.1, 0.15) is 6.10 Å². The summed E-state index contributed by atoms with van der Waals surface area (Å²) in [6.45, 7) is -0.0596. The maximum Gasteiger partial charge on any atom is 0.187 e. The van der Waals surface area contributed by atoms with Crippen molar-refractivity contribution in [3.63, 3.8) is 0 Å². The average Bonchev–Trinajstić information content (AvgIpc) is 2.68. The minimum atomic E-state index is -0.497. The number of benzene rings is 2. The molecule has 0 amide bonds. The van der Waals surface area contributed by atoms with Crippen LogP contribution < -0.4 is 0 Å². The van der Waals surface area contributed by atoms with Crippen molar-refractivity contribution in [2.45, 2.75) is 24.8 Å². The highest BCUT2D eigenvalue weighted by Crippen LogP contribution is 2.44. The van der Waals surface area contributed by atoms with Crippen LogP contribution in [0.2, 0.25) is 0 Å². The molecular weight excluding hydrogens is 304 g/mol. The first-order valence-electron chi connectivity index (χ1n) is 8.20. The van der Waals surface area contributed by atoms with Gasteiger partial charge in [-0.25, -0.2) is 0 Å². The van der Waals surface area contributed by atoms with Gasteiger partial charge in [-0.3, -0.25) is 0 Å². The molecule has 0 unspecified atom stereocenters. The van der Waals surface area contributed by atoms with Crippen LogP contribution in [0.3, 0.4) is 0 Å². The van der Waals surface area contributed by atoms with E-state index in [0.29, 0.717) is 0 Å². The highest BCUT2D eigenvalue weighted by Gasteiger charge is 2.42. The molecule has 2 aromatic carbocycles. The molecule has 0 radical (unpaired) electrons. The second-order valence-electron chi connectivity index (χ2n) is 6.03. The smallest absolute Gasteiger partial charge is 0.187 e. The maximum atomic E-state index is 9.38. The molecular formula is C20H20O4. The Morgan fingerprint density at radius 1 is 0.750 bits per heavy atom. The highest BCUT2D eigenvalue weighted by molar-refractivity contribution is 5.23. The van der Waals surface area contributed by atoms with Gasteiger partial charge in [0.05, 0.1) is 18.6 Å². The Kier molecular flexibility index (Phi) is 4.45. The summed E-state index contributed by atoms with van der Waals surface area (Å²) in [5, 5.41) is 9.38. The molecule has 0 saturated carbocycles. The molecule has 0 aromatic heterocycles. The van der Waals surface area contributed by atoms with E-state index in [-0.39, 0.29) is 24.7 Å². The van der Waals surface area contributed by atoms with Crippen LogP contribution in [-0.2, 0) is 14.2 Å². The topological polar surface area (TPSA) is 47.9 Å². The average molecular weight is 324 g/mol. The number of hydrogen-bond donors (Lipinski definition) is 1. The molecule has 2 aliphatic heterocycles. The second-order valence-corrected chi connectivity index (χ2v) is 6.03.